The number of aromatic amines is 1. The van der Waals surface area contributed by atoms with Crippen LogP contribution in [0.5, 0.6) is 17.4 Å². The Balaban J connectivity index is 1.75. The number of fused-ring (bicyclic) bond motifs is 1. The minimum atomic E-state index is -0.385. The lowest BCUT2D eigenvalue weighted by atomic mass is 9.83. The summed E-state index contributed by atoms with van der Waals surface area (Å²) in [6.07, 6.45) is 0. The summed E-state index contributed by atoms with van der Waals surface area (Å²) in [4.78, 5) is 0. The van der Waals surface area contributed by atoms with E-state index in [2.05, 4.69) is 16.3 Å². The summed E-state index contributed by atoms with van der Waals surface area (Å²) < 4.78 is 16.9. The molecule has 1 aliphatic rings. The molecule has 2 aromatic carbocycles. The Morgan fingerprint density at radius 3 is 2.76 bits per heavy atom. The summed E-state index contributed by atoms with van der Waals surface area (Å²) in [7, 11) is 1.62. The molecule has 7 heteroatoms. The Kier molecular flexibility index (Phi) is 4.83. The quantitative estimate of drug-likeness (QED) is 0.693. The van der Waals surface area contributed by atoms with Crippen LogP contribution in [0.1, 0.15) is 28.3 Å². The number of methoxy groups -OCH3 is 1. The molecule has 0 saturated heterocycles. The Morgan fingerprint density at radius 1 is 1.24 bits per heavy atom. The summed E-state index contributed by atoms with van der Waals surface area (Å²) in [5, 5.41) is 16.8. The molecular formula is C22H20N4O3. The molecule has 0 bridgehead atoms. The van der Waals surface area contributed by atoms with Gasteiger partial charge in [-0.2, -0.15) is 5.26 Å². The van der Waals surface area contributed by atoms with Gasteiger partial charge in [-0.1, -0.05) is 24.3 Å². The molecule has 7 nitrogen and oxygen atoms in total. The fraction of sp³-hybridized carbons (Fsp3) is 0.182. The number of nitrogens with zero attached hydrogens (tertiary/aromatic N) is 2. The molecule has 0 radical (unpaired) electrons. The monoisotopic (exact) mass is 388 g/mol. The van der Waals surface area contributed by atoms with Crippen LogP contribution < -0.4 is 19.9 Å². The number of nitrogens with one attached hydrogen (secondary N) is 1. The number of para-hydroxylation sites is 1. The van der Waals surface area contributed by atoms with Gasteiger partial charge in [0.15, 0.2) is 0 Å². The highest BCUT2D eigenvalue weighted by atomic mass is 16.5. The highest BCUT2D eigenvalue weighted by Gasteiger charge is 2.34. The Labute approximate surface area is 168 Å². The van der Waals surface area contributed by atoms with Crippen LogP contribution in [0.25, 0.3) is 0 Å². The maximum Gasteiger partial charge on any atom is 0.244 e. The Bertz CT molecular complexity index is 1110. The van der Waals surface area contributed by atoms with Crippen LogP contribution in [-0.4, -0.2) is 17.3 Å². The van der Waals surface area contributed by atoms with E-state index in [1.54, 1.807) is 7.11 Å². The number of ether oxygens (including phenoxy) is 3. The van der Waals surface area contributed by atoms with Crippen molar-refractivity contribution in [2.24, 2.45) is 5.73 Å². The number of nitriles is 1. The zero-order chi connectivity index (χ0) is 20.4. The largest absolute Gasteiger partial charge is 0.496 e. The van der Waals surface area contributed by atoms with Gasteiger partial charge < -0.3 is 19.9 Å². The van der Waals surface area contributed by atoms with Crippen LogP contribution in [0.4, 0.5) is 0 Å². The van der Waals surface area contributed by atoms with E-state index in [0.29, 0.717) is 23.8 Å². The van der Waals surface area contributed by atoms with Crippen molar-refractivity contribution in [2.75, 3.05) is 7.11 Å². The summed E-state index contributed by atoms with van der Waals surface area (Å²) in [5.41, 5.74) is 9.72. The number of hydrogen-bond acceptors (Lipinski definition) is 6. The van der Waals surface area contributed by atoms with Gasteiger partial charge in [0.05, 0.1) is 13.0 Å². The van der Waals surface area contributed by atoms with E-state index in [4.69, 9.17) is 19.9 Å². The van der Waals surface area contributed by atoms with E-state index in [-0.39, 0.29) is 11.8 Å². The van der Waals surface area contributed by atoms with Gasteiger partial charge in [-0.05, 0) is 36.8 Å². The van der Waals surface area contributed by atoms with Crippen molar-refractivity contribution in [3.63, 3.8) is 0 Å². The summed E-state index contributed by atoms with van der Waals surface area (Å²) >= 11 is 0. The van der Waals surface area contributed by atoms with Gasteiger partial charge >= 0.3 is 0 Å². The first-order valence-corrected chi connectivity index (χ1v) is 9.09. The van der Waals surface area contributed by atoms with Gasteiger partial charge in [-0.25, -0.2) is 0 Å². The third-order valence-electron chi connectivity index (χ3n) is 4.90. The van der Waals surface area contributed by atoms with E-state index < -0.39 is 0 Å². The van der Waals surface area contributed by atoms with Crippen molar-refractivity contribution in [3.8, 4) is 23.4 Å². The first-order chi connectivity index (χ1) is 14.1. The normalized spacial score (nSPS) is 15.3. The molecule has 1 aliphatic heterocycles. The fourth-order valence-electron chi connectivity index (χ4n) is 3.50. The van der Waals surface area contributed by atoms with Crippen LogP contribution in [0, 0.1) is 18.3 Å². The second-order valence-electron chi connectivity index (χ2n) is 6.67. The lowest BCUT2D eigenvalue weighted by Gasteiger charge is -2.24. The van der Waals surface area contributed by atoms with Gasteiger partial charge in [0, 0.05) is 16.8 Å². The summed E-state index contributed by atoms with van der Waals surface area (Å²) in [6.45, 7) is 2.21. The molecule has 146 valence electrons. The van der Waals surface area contributed by atoms with Crippen molar-refractivity contribution in [3.05, 3.63) is 82.4 Å². The molecule has 0 saturated carbocycles. The second-order valence-corrected chi connectivity index (χ2v) is 6.67. The summed E-state index contributed by atoms with van der Waals surface area (Å²) in [5.74, 6) is 1.54. The molecule has 3 aromatic rings. The van der Waals surface area contributed by atoms with Crippen LogP contribution in [0.2, 0.25) is 0 Å². The molecule has 1 unspecified atom stereocenters. The molecule has 0 aliphatic carbocycles. The molecule has 29 heavy (non-hydrogen) atoms. The maximum atomic E-state index is 9.72. The molecule has 4 rings (SSSR count). The molecule has 0 fully saturated rings. The van der Waals surface area contributed by atoms with Crippen LogP contribution >= 0.6 is 0 Å². The first kappa shape index (κ1) is 18.4. The van der Waals surface area contributed by atoms with E-state index >= 15 is 0 Å². The number of H-pyrrole nitrogens is 1. The average Bonchev–Trinajstić information content (AvgIpc) is 3.11. The standard InChI is InChI=1S/C22H20N4O3/c1-13-19-20(17(11-23)21(24)29-22(19)26-25-13)14-8-9-18(27-2)15(10-14)12-28-16-6-4-3-5-7-16/h3-10,20H,12,24H2,1-2H3,(H,25,26). The Hall–Kier alpha value is -3.92. The Morgan fingerprint density at radius 2 is 2.03 bits per heavy atom. The predicted octanol–water partition coefficient (Wildman–Crippen LogP) is 3.52. The van der Waals surface area contributed by atoms with E-state index in [0.717, 1.165) is 28.1 Å². The second kappa shape index (κ2) is 7.60. The first-order valence-electron chi connectivity index (χ1n) is 9.09. The molecule has 3 N–H and O–H groups in total. The number of aryl methyl sites for hydroxylation is 1. The number of hydrogen-bond donors (Lipinski definition) is 2. The third kappa shape index (κ3) is 3.36. The minimum absolute atomic E-state index is 0.0643. The summed E-state index contributed by atoms with van der Waals surface area (Å²) in [6, 6.07) is 17.5. The molecule has 1 atom stereocenters. The number of rotatable bonds is 5. The number of allylic oxidation sites excluding steroid dienone is 1. The molecule has 1 aromatic heterocycles. The van der Waals surface area contributed by atoms with Gasteiger partial charge in [0.2, 0.25) is 11.8 Å². The van der Waals surface area contributed by atoms with Crippen molar-refractivity contribution in [1.29, 1.82) is 5.26 Å². The third-order valence-corrected chi connectivity index (χ3v) is 4.90. The number of benzene rings is 2. The average molecular weight is 388 g/mol. The maximum absolute atomic E-state index is 9.72. The van der Waals surface area contributed by atoms with Crippen LogP contribution in [-0.2, 0) is 6.61 Å². The lowest BCUT2D eigenvalue weighted by Crippen LogP contribution is -2.21. The topological polar surface area (TPSA) is 106 Å². The van der Waals surface area contributed by atoms with Gasteiger partial charge in [-0.15, -0.1) is 5.10 Å². The van der Waals surface area contributed by atoms with Crippen molar-refractivity contribution in [2.45, 2.75) is 19.4 Å². The van der Waals surface area contributed by atoms with Crippen molar-refractivity contribution in [1.82, 2.24) is 10.2 Å². The number of nitrogens with two attached hydrogens (primary N) is 1. The molecule has 0 amide bonds. The van der Waals surface area contributed by atoms with Gasteiger partial charge in [-0.3, -0.25) is 5.10 Å². The number of aromatic nitrogens is 2. The lowest BCUT2D eigenvalue weighted by molar-refractivity contribution is 0.296. The molecular weight excluding hydrogens is 368 g/mol. The molecule has 0 spiro atoms. The van der Waals surface area contributed by atoms with Gasteiger partial charge in [0.1, 0.15) is 29.7 Å². The molecule has 2 heterocycles. The van der Waals surface area contributed by atoms with Crippen molar-refractivity contribution < 1.29 is 14.2 Å². The highest BCUT2D eigenvalue weighted by molar-refractivity contribution is 5.56. The van der Waals surface area contributed by atoms with E-state index in [1.165, 1.54) is 0 Å². The van der Waals surface area contributed by atoms with E-state index in [1.807, 2.05) is 55.5 Å². The zero-order valence-electron chi connectivity index (χ0n) is 16.1. The van der Waals surface area contributed by atoms with Gasteiger partial charge in [0.25, 0.3) is 0 Å². The fourth-order valence-corrected chi connectivity index (χ4v) is 3.50. The predicted molar refractivity (Wildman–Crippen MR) is 106 cm³/mol. The SMILES string of the molecule is COc1ccc(C2C(C#N)=C(N)Oc3n[nH]c(C)c32)cc1COc1ccccc1. The van der Waals surface area contributed by atoms with E-state index in [9.17, 15) is 5.26 Å². The van der Waals surface area contributed by atoms with Crippen LogP contribution in [0.15, 0.2) is 60.0 Å². The minimum Gasteiger partial charge on any atom is -0.496 e. The smallest absolute Gasteiger partial charge is 0.244 e. The zero-order valence-corrected chi connectivity index (χ0v) is 16.1. The highest BCUT2D eigenvalue weighted by Crippen LogP contribution is 2.43. The van der Waals surface area contributed by atoms with Crippen LogP contribution in [0.3, 0.4) is 0 Å². The van der Waals surface area contributed by atoms with Crippen molar-refractivity contribution >= 4 is 0 Å².